The molecule has 0 radical (unpaired) electrons. The third kappa shape index (κ3) is 4.58. The van der Waals surface area contributed by atoms with Crippen molar-refractivity contribution in [1.29, 1.82) is 0 Å². The third-order valence-corrected chi connectivity index (χ3v) is 3.85. The zero-order chi connectivity index (χ0) is 15.9. The van der Waals surface area contributed by atoms with E-state index in [1.165, 1.54) is 0 Å². The molecule has 0 spiro atoms. The lowest BCUT2D eigenvalue weighted by Gasteiger charge is -2.30. The summed E-state index contributed by atoms with van der Waals surface area (Å²) in [7, 11) is 5.29. The Morgan fingerprint density at radius 3 is 2.91 bits per heavy atom. The molecule has 1 heterocycles. The van der Waals surface area contributed by atoms with E-state index in [4.69, 9.17) is 14.2 Å². The van der Waals surface area contributed by atoms with Crippen molar-refractivity contribution in [2.24, 2.45) is 0 Å². The van der Waals surface area contributed by atoms with Crippen LogP contribution in [0.3, 0.4) is 0 Å². The Hall–Kier alpha value is -1.34. The van der Waals surface area contributed by atoms with Gasteiger partial charge in [-0.15, -0.1) is 0 Å². The lowest BCUT2D eigenvalue weighted by Crippen LogP contribution is -2.45. The van der Waals surface area contributed by atoms with Crippen molar-refractivity contribution < 1.29 is 19.3 Å². The minimum Gasteiger partial charge on any atom is -0.497 e. The zero-order valence-corrected chi connectivity index (χ0v) is 13.5. The number of nitrogens with one attached hydrogen (secondary N) is 1. The summed E-state index contributed by atoms with van der Waals surface area (Å²) in [5.74, 6) is 1.36. The van der Waals surface area contributed by atoms with Crippen LogP contribution in [0.4, 0.5) is 0 Å². The Balaban J connectivity index is 1.87. The van der Waals surface area contributed by atoms with Gasteiger partial charge < -0.3 is 29.5 Å². The molecule has 0 bridgehead atoms. The fourth-order valence-corrected chi connectivity index (χ4v) is 2.58. The van der Waals surface area contributed by atoms with Crippen LogP contribution in [0.1, 0.15) is 11.7 Å². The van der Waals surface area contributed by atoms with Gasteiger partial charge in [0.2, 0.25) is 0 Å². The minimum absolute atomic E-state index is 0.165. The first-order valence-electron chi connectivity index (χ1n) is 7.55. The summed E-state index contributed by atoms with van der Waals surface area (Å²) >= 11 is 0. The first kappa shape index (κ1) is 17.0. The molecular weight excluding hydrogens is 284 g/mol. The topological polar surface area (TPSA) is 63.2 Å². The summed E-state index contributed by atoms with van der Waals surface area (Å²) < 4.78 is 16.2. The summed E-state index contributed by atoms with van der Waals surface area (Å²) in [4.78, 5) is 2.25. The summed E-state index contributed by atoms with van der Waals surface area (Å²) in [6.45, 7) is 3.79. The molecule has 0 aromatic heterocycles. The number of aliphatic hydroxyl groups is 1. The monoisotopic (exact) mass is 310 g/mol. The van der Waals surface area contributed by atoms with Crippen LogP contribution in [0.25, 0.3) is 0 Å². The van der Waals surface area contributed by atoms with Gasteiger partial charge in [0, 0.05) is 31.7 Å². The molecule has 1 aliphatic heterocycles. The molecule has 1 aromatic rings. The Bertz CT molecular complexity index is 469. The number of nitrogens with zero attached hydrogens (tertiary/aromatic N) is 1. The Morgan fingerprint density at radius 2 is 2.23 bits per heavy atom. The molecule has 0 aliphatic carbocycles. The van der Waals surface area contributed by atoms with E-state index in [2.05, 4.69) is 17.3 Å². The molecule has 2 rings (SSSR count). The molecule has 22 heavy (non-hydrogen) atoms. The van der Waals surface area contributed by atoms with E-state index in [0.29, 0.717) is 24.6 Å². The number of ether oxygens (including phenoxy) is 3. The van der Waals surface area contributed by atoms with Crippen LogP contribution in [-0.4, -0.2) is 70.2 Å². The average Bonchev–Trinajstić information content (AvgIpc) is 2.54. The van der Waals surface area contributed by atoms with Crippen LogP contribution < -0.4 is 14.8 Å². The molecule has 6 nitrogen and oxygen atoms in total. The van der Waals surface area contributed by atoms with E-state index in [1.54, 1.807) is 26.4 Å². The molecule has 6 heteroatoms. The maximum absolute atomic E-state index is 10.4. The van der Waals surface area contributed by atoms with Crippen LogP contribution in [0.2, 0.25) is 0 Å². The van der Waals surface area contributed by atoms with Crippen LogP contribution in [-0.2, 0) is 4.74 Å². The molecule has 0 saturated carbocycles. The van der Waals surface area contributed by atoms with Crippen LogP contribution >= 0.6 is 0 Å². The first-order chi connectivity index (χ1) is 10.6. The summed E-state index contributed by atoms with van der Waals surface area (Å²) in [5.41, 5.74) is 0.719. The number of rotatable bonds is 7. The lowest BCUT2D eigenvalue weighted by molar-refractivity contribution is -0.0191. The van der Waals surface area contributed by atoms with Crippen LogP contribution in [0.5, 0.6) is 11.5 Å². The molecule has 1 fully saturated rings. The fourth-order valence-electron chi connectivity index (χ4n) is 2.58. The molecule has 2 unspecified atom stereocenters. The highest BCUT2D eigenvalue weighted by Crippen LogP contribution is 2.29. The summed E-state index contributed by atoms with van der Waals surface area (Å²) in [6, 6.07) is 5.42. The van der Waals surface area contributed by atoms with Gasteiger partial charge in [-0.25, -0.2) is 0 Å². The van der Waals surface area contributed by atoms with E-state index in [-0.39, 0.29) is 6.10 Å². The second-order valence-corrected chi connectivity index (χ2v) is 5.54. The number of hydrogen-bond acceptors (Lipinski definition) is 6. The second-order valence-electron chi connectivity index (χ2n) is 5.54. The van der Waals surface area contributed by atoms with Gasteiger partial charge in [0.05, 0.1) is 33.0 Å². The Labute approximate surface area is 132 Å². The van der Waals surface area contributed by atoms with Crippen molar-refractivity contribution in [3.8, 4) is 11.5 Å². The molecule has 1 saturated heterocycles. The maximum atomic E-state index is 10.4. The van der Waals surface area contributed by atoms with E-state index in [9.17, 15) is 5.11 Å². The number of benzene rings is 1. The van der Waals surface area contributed by atoms with Gasteiger partial charge in [-0.05, 0) is 25.2 Å². The van der Waals surface area contributed by atoms with Crippen molar-refractivity contribution in [2.45, 2.75) is 12.2 Å². The number of hydrogen-bond donors (Lipinski definition) is 2. The molecule has 1 aliphatic rings. The summed E-state index contributed by atoms with van der Waals surface area (Å²) in [6.07, 6.45) is -0.496. The summed E-state index contributed by atoms with van der Waals surface area (Å²) in [5, 5.41) is 13.6. The fraction of sp³-hybridized carbons (Fsp3) is 0.625. The largest absolute Gasteiger partial charge is 0.497 e. The van der Waals surface area contributed by atoms with E-state index in [1.807, 2.05) is 6.07 Å². The predicted octanol–water partition coefficient (Wildman–Crippen LogP) is 0.657. The first-order valence-corrected chi connectivity index (χ1v) is 7.55. The van der Waals surface area contributed by atoms with Crippen LogP contribution in [0.15, 0.2) is 18.2 Å². The molecule has 2 N–H and O–H groups in total. The van der Waals surface area contributed by atoms with Crippen molar-refractivity contribution in [1.82, 2.24) is 10.2 Å². The molecule has 2 atom stereocenters. The van der Waals surface area contributed by atoms with Crippen molar-refractivity contribution in [3.63, 3.8) is 0 Å². The quantitative estimate of drug-likeness (QED) is 0.771. The smallest absolute Gasteiger partial charge is 0.124 e. The average molecular weight is 310 g/mol. The van der Waals surface area contributed by atoms with Gasteiger partial charge in [0.15, 0.2) is 0 Å². The number of aliphatic hydroxyl groups excluding tert-OH is 1. The van der Waals surface area contributed by atoms with Gasteiger partial charge in [0.25, 0.3) is 0 Å². The molecule has 0 amide bonds. The van der Waals surface area contributed by atoms with Gasteiger partial charge in [0.1, 0.15) is 11.5 Å². The van der Waals surface area contributed by atoms with Gasteiger partial charge in [-0.2, -0.15) is 0 Å². The Kier molecular flexibility index (Phi) is 6.45. The lowest BCUT2D eigenvalue weighted by atomic mass is 10.1. The minimum atomic E-state index is -0.661. The van der Waals surface area contributed by atoms with Gasteiger partial charge in [-0.3, -0.25) is 0 Å². The molecule has 124 valence electrons. The second kappa shape index (κ2) is 8.33. The van der Waals surface area contributed by atoms with E-state index in [0.717, 1.165) is 25.3 Å². The zero-order valence-electron chi connectivity index (χ0n) is 13.5. The number of morpholine rings is 1. The number of methoxy groups -OCH3 is 2. The van der Waals surface area contributed by atoms with Gasteiger partial charge in [-0.1, -0.05) is 0 Å². The SMILES string of the molecule is COc1ccc(OC)c(C(O)CNCC2CN(C)CCO2)c1. The van der Waals surface area contributed by atoms with Crippen LogP contribution in [0, 0.1) is 0 Å². The highest BCUT2D eigenvalue weighted by atomic mass is 16.5. The van der Waals surface area contributed by atoms with Gasteiger partial charge >= 0.3 is 0 Å². The molecule has 1 aromatic carbocycles. The normalized spacial score (nSPS) is 20.6. The highest BCUT2D eigenvalue weighted by Gasteiger charge is 2.19. The third-order valence-electron chi connectivity index (χ3n) is 3.85. The van der Waals surface area contributed by atoms with E-state index < -0.39 is 6.10 Å². The predicted molar refractivity (Wildman–Crippen MR) is 84.6 cm³/mol. The Morgan fingerprint density at radius 1 is 1.41 bits per heavy atom. The van der Waals surface area contributed by atoms with Crippen molar-refractivity contribution in [2.75, 3.05) is 54.1 Å². The number of likely N-dealkylation sites (N-methyl/N-ethyl adjacent to an activating group) is 1. The van der Waals surface area contributed by atoms with Crippen molar-refractivity contribution >= 4 is 0 Å². The standard InChI is InChI=1S/C16H26N2O4/c1-18-6-7-22-13(11-18)9-17-10-15(19)14-8-12(20-2)4-5-16(14)21-3/h4-5,8,13,15,17,19H,6-7,9-11H2,1-3H3. The van der Waals surface area contributed by atoms with Crippen molar-refractivity contribution in [3.05, 3.63) is 23.8 Å². The van der Waals surface area contributed by atoms with E-state index >= 15 is 0 Å². The molecular formula is C16H26N2O4. The highest BCUT2D eigenvalue weighted by molar-refractivity contribution is 5.41. The maximum Gasteiger partial charge on any atom is 0.124 e.